The van der Waals surface area contributed by atoms with Crippen LogP contribution in [0.4, 0.5) is 0 Å². The zero-order valence-corrected chi connectivity index (χ0v) is 11.5. The molecule has 19 heavy (non-hydrogen) atoms. The van der Waals surface area contributed by atoms with Gasteiger partial charge in [0, 0.05) is 19.2 Å². The van der Waals surface area contributed by atoms with E-state index in [0.29, 0.717) is 12.5 Å². The maximum absolute atomic E-state index is 11.7. The molecule has 0 saturated carbocycles. The van der Waals surface area contributed by atoms with Crippen LogP contribution in [0.15, 0.2) is 36.4 Å². The lowest BCUT2D eigenvalue weighted by Gasteiger charge is -2.14. The Balaban J connectivity index is 2.36. The van der Waals surface area contributed by atoms with Crippen molar-refractivity contribution in [1.82, 2.24) is 5.32 Å². The Bertz CT molecular complexity index is 381. The van der Waals surface area contributed by atoms with E-state index in [2.05, 4.69) is 12.2 Å². The summed E-state index contributed by atoms with van der Waals surface area (Å²) < 4.78 is 0. The predicted octanol–water partition coefficient (Wildman–Crippen LogP) is 2.61. The van der Waals surface area contributed by atoms with E-state index in [1.807, 2.05) is 30.3 Å². The molecular weight excluding hydrogens is 238 g/mol. The highest BCUT2D eigenvalue weighted by molar-refractivity contribution is 5.91. The molecule has 0 radical (unpaired) electrons. The summed E-state index contributed by atoms with van der Waals surface area (Å²) in [5.74, 6) is 0.284. The number of amides is 1. The van der Waals surface area contributed by atoms with Gasteiger partial charge in [-0.05, 0) is 30.4 Å². The van der Waals surface area contributed by atoms with Gasteiger partial charge < -0.3 is 10.4 Å². The fourth-order valence-corrected chi connectivity index (χ4v) is 1.98. The lowest BCUT2D eigenvalue weighted by Crippen LogP contribution is -2.28. The van der Waals surface area contributed by atoms with Gasteiger partial charge in [0.05, 0.1) is 0 Å². The molecule has 0 aliphatic heterocycles. The van der Waals surface area contributed by atoms with Crippen molar-refractivity contribution >= 4 is 12.0 Å². The van der Waals surface area contributed by atoms with Gasteiger partial charge in [-0.2, -0.15) is 0 Å². The van der Waals surface area contributed by atoms with E-state index in [4.69, 9.17) is 5.11 Å². The Hall–Kier alpha value is -1.61. The average molecular weight is 261 g/mol. The molecule has 0 fully saturated rings. The Labute approximate surface area is 115 Å². The van der Waals surface area contributed by atoms with Gasteiger partial charge in [-0.15, -0.1) is 0 Å². The van der Waals surface area contributed by atoms with Crippen molar-refractivity contribution in [3.8, 4) is 0 Å². The van der Waals surface area contributed by atoms with Gasteiger partial charge in [-0.25, -0.2) is 0 Å². The molecule has 2 N–H and O–H groups in total. The van der Waals surface area contributed by atoms with Crippen LogP contribution in [0.25, 0.3) is 6.08 Å². The molecule has 1 unspecified atom stereocenters. The van der Waals surface area contributed by atoms with Crippen molar-refractivity contribution in [2.45, 2.75) is 26.2 Å². The zero-order chi connectivity index (χ0) is 13.9. The van der Waals surface area contributed by atoms with Crippen LogP contribution in [0.2, 0.25) is 0 Å². The minimum absolute atomic E-state index is 0.0807. The summed E-state index contributed by atoms with van der Waals surface area (Å²) >= 11 is 0. The summed E-state index contributed by atoms with van der Waals surface area (Å²) in [6, 6.07) is 9.73. The molecule has 0 aromatic heterocycles. The van der Waals surface area contributed by atoms with Gasteiger partial charge in [0.2, 0.25) is 5.91 Å². The van der Waals surface area contributed by atoms with E-state index in [-0.39, 0.29) is 12.5 Å². The standard InChI is InChI=1S/C16H23NO2/c1-2-6-15(11-12-18)13-17-16(19)10-9-14-7-4-3-5-8-14/h3-5,7-10,15,18H,2,6,11-13H2,1H3,(H,17,19)/b10-9+. The third-order valence-electron chi connectivity index (χ3n) is 3.03. The summed E-state index contributed by atoms with van der Waals surface area (Å²) in [5.41, 5.74) is 1.01. The molecule has 3 heteroatoms. The molecule has 0 heterocycles. The third-order valence-corrected chi connectivity index (χ3v) is 3.03. The second-order valence-corrected chi connectivity index (χ2v) is 4.66. The molecule has 1 rings (SSSR count). The fourth-order valence-electron chi connectivity index (χ4n) is 1.98. The molecule has 3 nitrogen and oxygen atoms in total. The summed E-state index contributed by atoms with van der Waals surface area (Å²) in [5, 5.41) is 11.8. The normalized spacial score (nSPS) is 12.5. The number of carbonyl (C=O) groups is 1. The van der Waals surface area contributed by atoms with E-state index in [1.165, 1.54) is 0 Å². The van der Waals surface area contributed by atoms with Gasteiger partial charge in [-0.3, -0.25) is 4.79 Å². The first-order valence-electron chi connectivity index (χ1n) is 6.88. The molecule has 1 aromatic carbocycles. The number of benzene rings is 1. The molecule has 1 amide bonds. The number of aliphatic hydroxyl groups is 1. The smallest absolute Gasteiger partial charge is 0.244 e. The first-order chi connectivity index (χ1) is 9.26. The van der Waals surface area contributed by atoms with Crippen molar-refractivity contribution in [2.75, 3.05) is 13.2 Å². The van der Waals surface area contributed by atoms with Crippen LogP contribution in [-0.4, -0.2) is 24.2 Å². The molecule has 0 saturated heterocycles. The van der Waals surface area contributed by atoms with Gasteiger partial charge in [0.25, 0.3) is 0 Å². The Morgan fingerprint density at radius 3 is 2.68 bits per heavy atom. The van der Waals surface area contributed by atoms with Crippen LogP contribution in [0.3, 0.4) is 0 Å². The summed E-state index contributed by atoms with van der Waals surface area (Å²) in [6.45, 7) is 2.92. The minimum Gasteiger partial charge on any atom is -0.396 e. The number of aliphatic hydroxyl groups excluding tert-OH is 1. The van der Waals surface area contributed by atoms with Crippen LogP contribution in [0, 0.1) is 5.92 Å². The van der Waals surface area contributed by atoms with Crippen LogP contribution in [-0.2, 0) is 4.79 Å². The van der Waals surface area contributed by atoms with E-state index < -0.39 is 0 Å². The number of hydrogen-bond donors (Lipinski definition) is 2. The van der Waals surface area contributed by atoms with E-state index >= 15 is 0 Å². The molecule has 0 bridgehead atoms. The van der Waals surface area contributed by atoms with Crippen LogP contribution in [0.5, 0.6) is 0 Å². The third kappa shape index (κ3) is 6.77. The minimum atomic E-state index is -0.0807. The molecule has 104 valence electrons. The quantitative estimate of drug-likeness (QED) is 0.707. The average Bonchev–Trinajstić information content (AvgIpc) is 2.44. The maximum Gasteiger partial charge on any atom is 0.244 e. The highest BCUT2D eigenvalue weighted by atomic mass is 16.3. The first kappa shape index (κ1) is 15.4. The van der Waals surface area contributed by atoms with Crippen molar-refractivity contribution in [2.24, 2.45) is 5.92 Å². The predicted molar refractivity (Wildman–Crippen MR) is 78.6 cm³/mol. The molecule has 1 atom stereocenters. The van der Waals surface area contributed by atoms with Crippen molar-refractivity contribution in [3.05, 3.63) is 42.0 Å². The van der Waals surface area contributed by atoms with Crippen molar-refractivity contribution < 1.29 is 9.90 Å². The largest absolute Gasteiger partial charge is 0.396 e. The van der Waals surface area contributed by atoms with E-state index in [9.17, 15) is 4.79 Å². The Morgan fingerprint density at radius 2 is 2.05 bits per heavy atom. The second kappa shape index (κ2) is 9.34. The monoisotopic (exact) mass is 261 g/mol. The SMILES string of the molecule is CCCC(CCO)CNC(=O)/C=C/c1ccccc1. The summed E-state index contributed by atoms with van der Waals surface area (Å²) in [6.07, 6.45) is 6.20. The lowest BCUT2D eigenvalue weighted by atomic mass is 10.0. The van der Waals surface area contributed by atoms with Gasteiger partial charge in [0.15, 0.2) is 0 Å². The van der Waals surface area contributed by atoms with Gasteiger partial charge >= 0.3 is 0 Å². The van der Waals surface area contributed by atoms with Gasteiger partial charge in [-0.1, -0.05) is 43.7 Å². The number of nitrogens with one attached hydrogen (secondary N) is 1. The molecule has 1 aromatic rings. The molecular formula is C16H23NO2. The summed E-state index contributed by atoms with van der Waals surface area (Å²) in [4.78, 5) is 11.7. The fraction of sp³-hybridized carbons (Fsp3) is 0.438. The zero-order valence-electron chi connectivity index (χ0n) is 11.5. The number of rotatable bonds is 8. The van der Waals surface area contributed by atoms with Crippen molar-refractivity contribution in [1.29, 1.82) is 0 Å². The van der Waals surface area contributed by atoms with Crippen LogP contribution < -0.4 is 5.32 Å². The van der Waals surface area contributed by atoms with Gasteiger partial charge in [0.1, 0.15) is 0 Å². The first-order valence-corrected chi connectivity index (χ1v) is 6.88. The Kier molecular flexibility index (Phi) is 7.59. The summed E-state index contributed by atoms with van der Waals surface area (Å²) in [7, 11) is 0. The van der Waals surface area contributed by atoms with E-state index in [0.717, 1.165) is 24.8 Å². The lowest BCUT2D eigenvalue weighted by molar-refractivity contribution is -0.116. The second-order valence-electron chi connectivity index (χ2n) is 4.66. The number of carbonyl (C=O) groups excluding carboxylic acids is 1. The Morgan fingerprint density at radius 1 is 1.32 bits per heavy atom. The molecule has 0 aliphatic rings. The highest BCUT2D eigenvalue weighted by Crippen LogP contribution is 2.09. The molecule has 0 aliphatic carbocycles. The van der Waals surface area contributed by atoms with Crippen LogP contribution >= 0.6 is 0 Å². The highest BCUT2D eigenvalue weighted by Gasteiger charge is 2.07. The topological polar surface area (TPSA) is 49.3 Å². The van der Waals surface area contributed by atoms with Crippen molar-refractivity contribution in [3.63, 3.8) is 0 Å². The van der Waals surface area contributed by atoms with E-state index in [1.54, 1.807) is 12.2 Å². The molecule has 0 spiro atoms. The number of hydrogen-bond acceptors (Lipinski definition) is 2. The van der Waals surface area contributed by atoms with Crippen LogP contribution in [0.1, 0.15) is 31.7 Å². The maximum atomic E-state index is 11.7.